The largest absolute Gasteiger partial charge is 0.355 e. The van der Waals surface area contributed by atoms with Gasteiger partial charge in [-0.2, -0.15) is 0 Å². The highest BCUT2D eigenvalue weighted by molar-refractivity contribution is 5.80. The van der Waals surface area contributed by atoms with Crippen molar-refractivity contribution in [2.45, 2.75) is 38.5 Å². The number of hydrogen-bond donors (Lipinski definition) is 1. The molecule has 1 atom stereocenters. The number of aryl methyl sites for hydroxylation is 1. The second kappa shape index (κ2) is 10.1. The Morgan fingerprint density at radius 2 is 1.61 bits per heavy atom. The first kappa shape index (κ1) is 20.1. The number of carbonyl (C=O) groups excluding carboxylic acids is 2. The Balaban J connectivity index is 1.38. The first-order valence-electron chi connectivity index (χ1n) is 10.3. The van der Waals surface area contributed by atoms with Gasteiger partial charge in [0.25, 0.3) is 0 Å². The Bertz CT molecular complexity index is 753. The highest BCUT2D eigenvalue weighted by Crippen LogP contribution is 2.19. The number of rotatable bonds is 7. The Labute approximate surface area is 167 Å². The molecule has 4 nitrogen and oxygen atoms in total. The third-order valence-electron chi connectivity index (χ3n) is 5.64. The summed E-state index contributed by atoms with van der Waals surface area (Å²) in [4.78, 5) is 26.9. The molecule has 1 aliphatic rings. The molecule has 0 spiro atoms. The summed E-state index contributed by atoms with van der Waals surface area (Å²) in [5.41, 5.74) is 2.43. The topological polar surface area (TPSA) is 49.4 Å². The first-order chi connectivity index (χ1) is 13.6. The van der Waals surface area contributed by atoms with Crippen LogP contribution in [0.5, 0.6) is 0 Å². The van der Waals surface area contributed by atoms with Crippen LogP contribution in [0.2, 0.25) is 0 Å². The number of amides is 2. The van der Waals surface area contributed by atoms with Gasteiger partial charge in [-0.1, -0.05) is 67.6 Å². The average Bonchev–Trinajstić information content (AvgIpc) is 2.77. The number of nitrogens with zero attached hydrogens (tertiary/aromatic N) is 1. The fourth-order valence-electron chi connectivity index (χ4n) is 3.74. The van der Waals surface area contributed by atoms with Crippen molar-refractivity contribution in [2.75, 3.05) is 19.6 Å². The van der Waals surface area contributed by atoms with Crippen LogP contribution in [-0.2, 0) is 16.0 Å². The van der Waals surface area contributed by atoms with Crippen molar-refractivity contribution in [2.24, 2.45) is 5.92 Å². The SMILES string of the molecule is CC(CNC(=O)C1CCN(C(=O)CCc2ccccc2)CC1)c1ccccc1. The van der Waals surface area contributed by atoms with E-state index in [2.05, 4.69) is 36.5 Å². The van der Waals surface area contributed by atoms with Gasteiger partial charge in [-0.25, -0.2) is 0 Å². The lowest BCUT2D eigenvalue weighted by molar-refractivity contribution is -0.135. The lowest BCUT2D eigenvalue weighted by Crippen LogP contribution is -2.43. The molecule has 1 N–H and O–H groups in total. The van der Waals surface area contributed by atoms with E-state index >= 15 is 0 Å². The van der Waals surface area contributed by atoms with Gasteiger partial charge < -0.3 is 10.2 Å². The van der Waals surface area contributed by atoms with Crippen LogP contribution in [0.1, 0.15) is 43.2 Å². The number of likely N-dealkylation sites (tertiary alicyclic amines) is 1. The summed E-state index contributed by atoms with van der Waals surface area (Å²) in [6.07, 6.45) is 2.82. The summed E-state index contributed by atoms with van der Waals surface area (Å²) < 4.78 is 0. The van der Waals surface area contributed by atoms with Gasteiger partial charge >= 0.3 is 0 Å². The van der Waals surface area contributed by atoms with Gasteiger partial charge in [0.05, 0.1) is 0 Å². The number of carbonyl (C=O) groups is 2. The lowest BCUT2D eigenvalue weighted by Gasteiger charge is -2.31. The quantitative estimate of drug-likeness (QED) is 0.797. The molecule has 2 amide bonds. The fraction of sp³-hybridized carbons (Fsp3) is 0.417. The van der Waals surface area contributed by atoms with Gasteiger partial charge in [-0.15, -0.1) is 0 Å². The fourth-order valence-corrected chi connectivity index (χ4v) is 3.74. The van der Waals surface area contributed by atoms with Crippen LogP contribution in [0, 0.1) is 5.92 Å². The molecule has 2 aromatic rings. The molecule has 1 fully saturated rings. The predicted octanol–water partition coefficient (Wildman–Crippen LogP) is 3.78. The molecule has 4 heteroatoms. The van der Waals surface area contributed by atoms with E-state index in [1.165, 1.54) is 11.1 Å². The molecular formula is C24H30N2O2. The van der Waals surface area contributed by atoms with Crippen molar-refractivity contribution in [1.29, 1.82) is 0 Å². The normalized spacial score (nSPS) is 15.8. The van der Waals surface area contributed by atoms with E-state index in [0.717, 1.165) is 19.3 Å². The van der Waals surface area contributed by atoms with Gasteiger partial charge in [0.2, 0.25) is 11.8 Å². The number of nitrogens with one attached hydrogen (secondary N) is 1. The monoisotopic (exact) mass is 378 g/mol. The number of piperidine rings is 1. The van der Waals surface area contributed by atoms with Crippen molar-refractivity contribution in [1.82, 2.24) is 10.2 Å². The van der Waals surface area contributed by atoms with E-state index in [4.69, 9.17) is 0 Å². The van der Waals surface area contributed by atoms with E-state index in [9.17, 15) is 9.59 Å². The van der Waals surface area contributed by atoms with Crippen molar-refractivity contribution in [3.8, 4) is 0 Å². The second-order valence-electron chi connectivity index (χ2n) is 7.70. The van der Waals surface area contributed by atoms with Crippen LogP contribution in [0.15, 0.2) is 60.7 Å². The van der Waals surface area contributed by atoms with Crippen LogP contribution >= 0.6 is 0 Å². The zero-order chi connectivity index (χ0) is 19.8. The molecule has 28 heavy (non-hydrogen) atoms. The molecule has 1 heterocycles. The van der Waals surface area contributed by atoms with E-state index < -0.39 is 0 Å². The van der Waals surface area contributed by atoms with Gasteiger partial charge in [0.1, 0.15) is 0 Å². The number of hydrogen-bond acceptors (Lipinski definition) is 2. The standard InChI is InChI=1S/C24H30N2O2/c1-19(21-10-6-3-7-11-21)18-25-24(28)22-14-16-26(17-15-22)23(27)13-12-20-8-4-2-5-9-20/h2-11,19,22H,12-18H2,1H3,(H,25,28). The summed E-state index contributed by atoms with van der Waals surface area (Å²) in [6.45, 7) is 4.14. The van der Waals surface area contributed by atoms with Gasteiger partial charge in [-0.3, -0.25) is 9.59 Å². The van der Waals surface area contributed by atoms with Gasteiger partial charge in [0, 0.05) is 32.0 Å². The zero-order valence-corrected chi connectivity index (χ0v) is 16.6. The molecular weight excluding hydrogens is 348 g/mol. The molecule has 0 aliphatic carbocycles. The van der Waals surface area contributed by atoms with Crippen LogP contribution in [0.25, 0.3) is 0 Å². The Morgan fingerprint density at radius 1 is 1.00 bits per heavy atom. The highest BCUT2D eigenvalue weighted by atomic mass is 16.2. The smallest absolute Gasteiger partial charge is 0.223 e. The van der Waals surface area contributed by atoms with Crippen molar-refractivity contribution < 1.29 is 9.59 Å². The number of benzene rings is 2. The molecule has 0 saturated carbocycles. The van der Waals surface area contributed by atoms with E-state index in [1.807, 2.05) is 41.3 Å². The van der Waals surface area contributed by atoms with E-state index in [0.29, 0.717) is 32.0 Å². The van der Waals surface area contributed by atoms with E-state index in [-0.39, 0.29) is 17.7 Å². The zero-order valence-electron chi connectivity index (χ0n) is 16.6. The third kappa shape index (κ3) is 5.69. The summed E-state index contributed by atoms with van der Waals surface area (Å²) in [5.74, 6) is 0.630. The van der Waals surface area contributed by atoms with Crippen LogP contribution in [-0.4, -0.2) is 36.3 Å². The average molecular weight is 379 g/mol. The first-order valence-corrected chi connectivity index (χ1v) is 10.3. The Kier molecular flexibility index (Phi) is 7.24. The summed E-state index contributed by atoms with van der Waals surface area (Å²) in [5, 5.41) is 3.10. The molecule has 2 aromatic carbocycles. The molecule has 1 aliphatic heterocycles. The van der Waals surface area contributed by atoms with Crippen LogP contribution in [0.3, 0.4) is 0 Å². The van der Waals surface area contributed by atoms with Crippen molar-refractivity contribution >= 4 is 11.8 Å². The molecule has 1 saturated heterocycles. The molecule has 3 rings (SSSR count). The van der Waals surface area contributed by atoms with Crippen LogP contribution < -0.4 is 5.32 Å². The van der Waals surface area contributed by atoms with E-state index in [1.54, 1.807) is 0 Å². The maximum atomic E-state index is 12.5. The minimum absolute atomic E-state index is 0.0150. The summed E-state index contributed by atoms with van der Waals surface area (Å²) in [7, 11) is 0. The van der Waals surface area contributed by atoms with Crippen molar-refractivity contribution in [3.63, 3.8) is 0 Å². The molecule has 0 aromatic heterocycles. The molecule has 1 unspecified atom stereocenters. The highest BCUT2D eigenvalue weighted by Gasteiger charge is 2.27. The predicted molar refractivity (Wildman–Crippen MR) is 112 cm³/mol. The lowest BCUT2D eigenvalue weighted by atomic mass is 9.94. The minimum atomic E-state index is 0.0150. The Morgan fingerprint density at radius 3 is 2.25 bits per heavy atom. The summed E-state index contributed by atoms with van der Waals surface area (Å²) >= 11 is 0. The van der Waals surface area contributed by atoms with Gasteiger partial charge in [0.15, 0.2) is 0 Å². The maximum absolute atomic E-state index is 12.5. The molecule has 0 bridgehead atoms. The summed E-state index contributed by atoms with van der Waals surface area (Å²) in [6, 6.07) is 20.3. The molecule has 0 radical (unpaired) electrons. The van der Waals surface area contributed by atoms with Crippen LogP contribution in [0.4, 0.5) is 0 Å². The second-order valence-corrected chi connectivity index (χ2v) is 7.70. The van der Waals surface area contributed by atoms with Crippen molar-refractivity contribution in [3.05, 3.63) is 71.8 Å². The maximum Gasteiger partial charge on any atom is 0.223 e. The van der Waals surface area contributed by atoms with Gasteiger partial charge in [-0.05, 0) is 36.3 Å². The minimum Gasteiger partial charge on any atom is -0.355 e. The molecule has 148 valence electrons. The Hall–Kier alpha value is -2.62. The third-order valence-corrected chi connectivity index (χ3v) is 5.64.